The van der Waals surface area contributed by atoms with E-state index in [0.717, 1.165) is 28.7 Å². The molecule has 1 fully saturated rings. The summed E-state index contributed by atoms with van der Waals surface area (Å²) in [5.74, 6) is -0.147. The first-order valence-corrected chi connectivity index (χ1v) is 10.4. The van der Waals surface area contributed by atoms with E-state index in [1.54, 1.807) is 6.07 Å². The van der Waals surface area contributed by atoms with Crippen LogP contribution < -0.4 is 5.32 Å². The topological polar surface area (TPSA) is 73.2 Å². The molecule has 3 amide bonds. The molecule has 0 radical (unpaired) electrons. The lowest BCUT2D eigenvalue weighted by Gasteiger charge is -2.32. The Hall–Kier alpha value is -3.91. The van der Waals surface area contributed by atoms with Crippen LogP contribution in [0.4, 0.5) is 4.79 Å². The largest absolute Gasteiger partial charge is 0.325 e. The third-order valence-electron chi connectivity index (χ3n) is 6.33. The Morgan fingerprint density at radius 2 is 1.65 bits per heavy atom. The normalized spacial score (nSPS) is 19.8. The number of carbonyl (C=O) groups is 2. The molecule has 1 aliphatic heterocycles. The predicted molar refractivity (Wildman–Crippen MR) is 117 cm³/mol. The van der Waals surface area contributed by atoms with E-state index < -0.39 is 5.54 Å². The molecule has 1 heterocycles. The average Bonchev–Trinajstić information content (AvgIpc) is 3.03. The van der Waals surface area contributed by atoms with Crippen molar-refractivity contribution in [1.29, 1.82) is 5.26 Å². The number of carbonyl (C=O) groups excluding carboxylic acids is 2. The number of urea groups is 1. The van der Waals surface area contributed by atoms with Gasteiger partial charge >= 0.3 is 6.03 Å². The zero-order chi connectivity index (χ0) is 21.4. The van der Waals surface area contributed by atoms with Crippen LogP contribution in [0.25, 0.3) is 11.1 Å². The summed E-state index contributed by atoms with van der Waals surface area (Å²) in [6.45, 7) is 0.230. The minimum Gasteiger partial charge on any atom is -0.323 e. The van der Waals surface area contributed by atoms with Crippen LogP contribution in [0.5, 0.6) is 0 Å². The third kappa shape index (κ3) is 3.27. The van der Waals surface area contributed by atoms with Crippen LogP contribution in [-0.4, -0.2) is 22.4 Å². The summed E-state index contributed by atoms with van der Waals surface area (Å²) >= 11 is 0. The van der Waals surface area contributed by atoms with Crippen molar-refractivity contribution in [3.8, 4) is 17.2 Å². The molecule has 5 nitrogen and oxygen atoms in total. The lowest BCUT2D eigenvalue weighted by molar-refractivity contribution is -0.132. The predicted octanol–water partition coefficient (Wildman–Crippen LogP) is 4.20. The fourth-order valence-corrected chi connectivity index (χ4v) is 4.65. The molecule has 1 atom stereocenters. The molecule has 5 rings (SSSR count). The molecular weight excluding hydrogens is 386 g/mol. The Kier molecular flexibility index (Phi) is 4.56. The summed E-state index contributed by atoms with van der Waals surface area (Å²) in [6, 6.07) is 25.1. The fraction of sp³-hybridized carbons (Fsp3) is 0.192. The van der Waals surface area contributed by atoms with Crippen LogP contribution in [0.2, 0.25) is 0 Å². The zero-order valence-corrected chi connectivity index (χ0v) is 17.0. The summed E-state index contributed by atoms with van der Waals surface area (Å²) in [5.41, 5.74) is 4.83. The van der Waals surface area contributed by atoms with Crippen molar-refractivity contribution in [3.63, 3.8) is 0 Å². The van der Waals surface area contributed by atoms with Gasteiger partial charge in [-0.25, -0.2) is 4.79 Å². The lowest BCUT2D eigenvalue weighted by atomic mass is 9.78. The maximum absolute atomic E-state index is 13.3. The second-order valence-electron chi connectivity index (χ2n) is 8.20. The van der Waals surface area contributed by atoms with E-state index >= 15 is 0 Å². The molecule has 2 aliphatic rings. The van der Waals surface area contributed by atoms with E-state index in [4.69, 9.17) is 0 Å². The number of imide groups is 1. The number of hydrogen-bond acceptors (Lipinski definition) is 3. The van der Waals surface area contributed by atoms with Gasteiger partial charge in [0.05, 0.1) is 18.2 Å². The van der Waals surface area contributed by atoms with Crippen molar-refractivity contribution in [2.75, 3.05) is 0 Å². The number of hydrogen-bond donors (Lipinski definition) is 1. The van der Waals surface area contributed by atoms with Crippen LogP contribution in [0.15, 0.2) is 72.8 Å². The number of benzene rings is 3. The number of nitriles is 1. The van der Waals surface area contributed by atoms with Gasteiger partial charge in [-0.15, -0.1) is 0 Å². The highest BCUT2D eigenvalue weighted by Crippen LogP contribution is 2.34. The van der Waals surface area contributed by atoms with Crippen LogP contribution in [-0.2, 0) is 24.2 Å². The second-order valence-corrected chi connectivity index (χ2v) is 8.20. The van der Waals surface area contributed by atoms with E-state index in [2.05, 4.69) is 17.5 Å². The molecule has 1 saturated heterocycles. The molecule has 3 aromatic carbocycles. The Bertz CT molecular complexity index is 1230. The Balaban J connectivity index is 1.36. The first-order chi connectivity index (χ1) is 15.1. The molecule has 31 heavy (non-hydrogen) atoms. The third-order valence-corrected chi connectivity index (χ3v) is 6.33. The van der Waals surface area contributed by atoms with Gasteiger partial charge in [-0.2, -0.15) is 5.26 Å². The summed E-state index contributed by atoms with van der Waals surface area (Å²) < 4.78 is 0. The maximum atomic E-state index is 13.3. The Morgan fingerprint density at radius 3 is 2.42 bits per heavy atom. The smallest absolute Gasteiger partial charge is 0.323 e. The van der Waals surface area contributed by atoms with Gasteiger partial charge in [-0.1, -0.05) is 66.7 Å². The molecule has 1 spiro atoms. The molecule has 1 unspecified atom stereocenters. The molecule has 5 heteroatoms. The van der Waals surface area contributed by atoms with Crippen molar-refractivity contribution < 1.29 is 9.59 Å². The quantitative estimate of drug-likeness (QED) is 0.661. The van der Waals surface area contributed by atoms with E-state index in [9.17, 15) is 14.9 Å². The molecule has 0 saturated carbocycles. The molecule has 3 aromatic rings. The van der Waals surface area contributed by atoms with Gasteiger partial charge in [0.1, 0.15) is 5.54 Å². The van der Waals surface area contributed by atoms with E-state index in [0.29, 0.717) is 18.4 Å². The summed E-state index contributed by atoms with van der Waals surface area (Å²) in [5, 5.41) is 12.3. The summed E-state index contributed by atoms with van der Waals surface area (Å²) in [7, 11) is 0. The second kappa shape index (κ2) is 7.41. The molecule has 0 aromatic heterocycles. The monoisotopic (exact) mass is 407 g/mol. The van der Waals surface area contributed by atoms with Crippen LogP contribution in [0.1, 0.15) is 28.7 Å². The average molecular weight is 407 g/mol. The van der Waals surface area contributed by atoms with Crippen molar-refractivity contribution in [2.24, 2.45) is 0 Å². The highest BCUT2D eigenvalue weighted by molar-refractivity contribution is 6.07. The zero-order valence-electron chi connectivity index (χ0n) is 17.0. The molecular formula is C26H21N3O2. The standard InChI is InChI=1S/C26H21N3O2/c27-16-22-7-3-4-8-23(22)20-11-9-18(10-12-20)17-29-24(30)26(28-25(29)31)14-13-19-5-1-2-6-21(19)15-26/h1-12H,13-15,17H2,(H,28,31). The van der Waals surface area contributed by atoms with Gasteiger partial charge in [-0.3, -0.25) is 9.69 Å². The first-order valence-electron chi connectivity index (χ1n) is 10.4. The number of nitrogens with one attached hydrogen (secondary N) is 1. The van der Waals surface area contributed by atoms with E-state index in [1.807, 2.05) is 60.7 Å². The molecule has 152 valence electrons. The van der Waals surface area contributed by atoms with Crippen LogP contribution >= 0.6 is 0 Å². The number of rotatable bonds is 3. The lowest BCUT2D eigenvalue weighted by Crippen LogP contribution is -2.51. The van der Waals surface area contributed by atoms with Gasteiger partial charge in [0.25, 0.3) is 5.91 Å². The van der Waals surface area contributed by atoms with Crippen LogP contribution in [0.3, 0.4) is 0 Å². The number of nitrogens with zero attached hydrogens (tertiary/aromatic N) is 2. The first kappa shape index (κ1) is 19.1. The number of aryl methyl sites for hydroxylation is 1. The van der Waals surface area contributed by atoms with Gasteiger partial charge < -0.3 is 5.32 Å². The van der Waals surface area contributed by atoms with E-state index in [1.165, 1.54) is 10.5 Å². The van der Waals surface area contributed by atoms with Crippen molar-refractivity contribution in [1.82, 2.24) is 10.2 Å². The van der Waals surface area contributed by atoms with Gasteiger partial charge in [0.2, 0.25) is 0 Å². The van der Waals surface area contributed by atoms with Crippen LogP contribution in [0, 0.1) is 11.3 Å². The summed E-state index contributed by atoms with van der Waals surface area (Å²) in [6.07, 6.45) is 1.94. The van der Waals surface area contributed by atoms with Gasteiger partial charge in [-0.05, 0) is 46.7 Å². The Morgan fingerprint density at radius 1 is 0.935 bits per heavy atom. The highest BCUT2D eigenvalue weighted by Gasteiger charge is 2.52. The fourth-order valence-electron chi connectivity index (χ4n) is 4.65. The highest BCUT2D eigenvalue weighted by atomic mass is 16.2. The van der Waals surface area contributed by atoms with Gasteiger partial charge in [0.15, 0.2) is 0 Å². The minimum absolute atomic E-state index is 0.147. The number of amides is 3. The van der Waals surface area contributed by atoms with Crippen molar-refractivity contribution >= 4 is 11.9 Å². The SMILES string of the molecule is N#Cc1ccccc1-c1ccc(CN2C(=O)NC3(CCc4ccccc4C3)C2=O)cc1. The van der Waals surface area contributed by atoms with Gasteiger partial charge in [0, 0.05) is 6.42 Å². The van der Waals surface area contributed by atoms with Crippen molar-refractivity contribution in [2.45, 2.75) is 31.3 Å². The molecule has 1 aliphatic carbocycles. The number of fused-ring (bicyclic) bond motifs is 1. The molecule has 0 bridgehead atoms. The summed E-state index contributed by atoms with van der Waals surface area (Å²) in [4.78, 5) is 27.3. The van der Waals surface area contributed by atoms with E-state index in [-0.39, 0.29) is 18.5 Å². The minimum atomic E-state index is -0.836. The Labute approximate surface area is 180 Å². The van der Waals surface area contributed by atoms with Crippen molar-refractivity contribution in [3.05, 3.63) is 95.1 Å². The molecule has 1 N–H and O–H groups in total. The maximum Gasteiger partial charge on any atom is 0.325 e.